The first-order chi connectivity index (χ1) is 15.5. The van der Waals surface area contributed by atoms with Crippen molar-refractivity contribution < 1.29 is 9.90 Å². The minimum Gasteiger partial charge on any atom is -0.388 e. The van der Waals surface area contributed by atoms with Crippen LogP contribution in [0.15, 0.2) is 36.4 Å². The van der Waals surface area contributed by atoms with Gasteiger partial charge in [-0.05, 0) is 42.6 Å². The van der Waals surface area contributed by atoms with E-state index < -0.39 is 6.10 Å². The minimum absolute atomic E-state index is 0.327. The molecule has 2 N–H and O–H groups in total. The van der Waals surface area contributed by atoms with Crippen LogP contribution in [-0.4, -0.2) is 39.1 Å². The molecule has 7 nitrogen and oxygen atoms in total. The van der Waals surface area contributed by atoms with E-state index >= 15 is 0 Å². The van der Waals surface area contributed by atoms with Gasteiger partial charge < -0.3 is 19.9 Å². The van der Waals surface area contributed by atoms with Crippen LogP contribution in [0.2, 0.25) is 0 Å². The molecule has 0 saturated carbocycles. The fourth-order valence-corrected chi connectivity index (χ4v) is 4.93. The van der Waals surface area contributed by atoms with E-state index in [1.807, 2.05) is 49.0 Å². The lowest BCUT2D eigenvalue weighted by molar-refractivity contribution is 0.101. The van der Waals surface area contributed by atoms with Crippen LogP contribution in [0.3, 0.4) is 0 Å². The van der Waals surface area contributed by atoms with Gasteiger partial charge in [0.15, 0.2) is 5.82 Å². The number of amides is 1. The van der Waals surface area contributed by atoms with Gasteiger partial charge in [0.1, 0.15) is 6.07 Å². The number of hydrogen-bond donors (Lipinski definition) is 2. The van der Waals surface area contributed by atoms with E-state index in [1.165, 1.54) is 0 Å². The number of benzene rings is 2. The maximum absolute atomic E-state index is 13.1. The van der Waals surface area contributed by atoms with E-state index in [1.54, 1.807) is 6.07 Å². The van der Waals surface area contributed by atoms with Crippen molar-refractivity contribution in [1.82, 2.24) is 14.5 Å². The Hall–Kier alpha value is -3.47. The molecule has 1 aromatic heterocycles. The molecular weight excluding hydrogens is 402 g/mol. The van der Waals surface area contributed by atoms with Crippen molar-refractivity contribution in [3.8, 4) is 17.2 Å². The summed E-state index contributed by atoms with van der Waals surface area (Å²) in [5.74, 6) is 0.0234. The van der Waals surface area contributed by atoms with Crippen LogP contribution in [-0.2, 0) is 26.4 Å². The second-order valence-corrected chi connectivity index (χ2v) is 8.60. The lowest BCUT2D eigenvalue weighted by Crippen LogP contribution is -2.27. The predicted octanol–water partition coefficient (Wildman–Crippen LogP) is 3.18. The van der Waals surface area contributed by atoms with E-state index in [-0.39, 0.29) is 5.91 Å². The number of likely N-dealkylation sites (N-methyl/N-ethyl adjacent to an activating group) is 1. The zero-order chi connectivity index (χ0) is 22.4. The molecule has 1 atom stereocenters. The molecule has 2 aliphatic rings. The summed E-state index contributed by atoms with van der Waals surface area (Å²) in [4.78, 5) is 19.9. The molecule has 1 unspecified atom stereocenters. The Kier molecular flexibility index (Phi) is 5.04. The Morgan fingerprint density at radius 3 is 2.78 bits per heavy atom. The predicted molar refractivity (Wildman–Crippen MR) is 121 cm³/mol. The standard InChI is InChI=1S/C25H25N5O2/c1-29-12-11-22-21(14-29)27-24(30(22)2)25(32)28-20-8-4-6-16(19(20)13-26)15-5-3-7-18-17(15)9-10-23(18)31/h3-8,23,31H,9-12,14H2,1-2H3,(H,28,32). The summed E-state index contributed by atoms with van der Waals surface area (Å²) in [6.45, 7) is 1.66. The largest absolute Gasteiger partial charge is 0.388 e. The van der Waals surface area contributed by atoms with Gasteiger partial charge in [-0.15, -0.1) is 0 Å². The maximum Gasteiger partial charge on any atom is 0.291 e. The highest BCUT2D eigenvalue weighted by molar-refractivity contribution is 6.03. The molecule has 0 spiro atoms. The van der Waals surface area contributed by atoms with Crippen LogP contribution < -0.4 is 5.32 Å². The van der Waals surface area contributed by atoms with Crippen molar-refractivity contribution >= 4 is 11.6 Å². The van der Waals surface area contributed by atoms with Crippen molar-refractivity contribution in [3.05, 3.63) is 70.3 Å². The first kappa shape index (κ1) is 20.4. The summed E-state index contributed by atoms with van der Waals surface area (Å²) in [7, 11) is 3.91. The van der Waals surface area contributed by atoms with E-state index in [9.17, 15) is 15.2 Å². The average molecular weight is 428 g/mol. The van der Waals surface area contributed by atoms with Gasteiger partial charge >= 0.3 is 0 Å². The second kappa shape index (κ2) is 7.90. The Morgan fingerprint density at radius 1 is 1.19 bits per heavy atom. The summed E-state index contributed by atoms with van der Waals surface area (Å²) < 4.78 is 1.86. The third-order valence-electron chi connectivity index (χ3n) is 6.60. The molecule has 0 radical (unpaired) electrons. The SMILES string of the molecule is CN1CCc2c(nc(C(=O)Nc3cccc(-c4cccc5c4CCC5O)c3C#N)n2C)C1. The maximum atomic E-state index is 13.1. The first-order valence-corrected chi connectivity index (χ1v) is 10.9. The number of hydrogen-bond acceptors (Lipinski definition) is 5. The molecule has 0 bridgehead atoms. The number of aromatic nitrogens is 2. The molecule has 0 saturated heterocycles. The molecular formula is C25H25N5O2. The summed E-state index contributed by atoms with van der Waals surface area (Å²) in [5.41, 5.74) is 6.57. The van der Waals surface area contributed by atoms with E-state index in [2.05, 4.69) is 21.3 Å². The Balaban J connectivity index is 1.51. The van der Waals surface area contributed by atoms with Gasteiger partial charge in [0.25, 0.3) is 5.91 Å². The number of carbonyl (C=O) groups is 1. The van der Waals surface area contributed by atoms with Crippen molar-refractivity contribution in [1.29, 1.82) is 5.26 Å². The lowest BCUT2D eigenvalue weighted by atomic mass is 9.93. The van der Waals surface area contributed by atoms with Gasteiger partial charge in [0, 0.05) is 37.8 Å². The van der Waals surface area contributed by atoms with Crippen LogP contribution in [0.1, 0.15) is 51.2 Å². The molecule has 3 aromatic rings. The highest BCUT2D eigenvalue weighted by Crippen LogP contribution is 2.39. The summed E-state index contributed by atoms with van der Waals surface area (Å²) >= 11 is 0. The Labute approximate surface area is 186 Å². The number of anilines is 1. The number of rotatable bonds is 3. The number of nitriles is 1. The van der Waals surface area contributed by atoms with Gasteiger partial charge in [-0.2, -0.15) is 5.26 Å². The van der Waals surface area contributed by atoms with Gasteiger partial charge in [-0.1, -0.05) is 30.3 Å². The molecule has 32 heavy (non-hydrogen) atoms. The van der Waals surface area contributed by atoms with Crippen LogP contribution in [0, 0.1) is 11.3 Å². The molecule has 1 aliphatic heterocycles. The van der Waals surface area contributed by atoms with Crippen molar-refractivity contribution in [2.75, 3.05) is 18.9 Å². The normalized spacial score (nSPS) is 17.5. The molecule has 0 fully saturated rings. The lowest BCUT2D eigenvalue weighted by Gasteiger charge is -2.21. The molecule has 162 valence electrons. The summed E-state index contributed by atoms with van der Waals surface area (Å²) in [6.07, 6.45) is 1.84. The molecule has 5 rings (SSSR count). The van der Waals surface area contributed by atoms with E-state index in [0.29, 0.717) is 23.5 Å². The molecule has 1 aliphatic carbocycles. The minimum atomic E-state index is -0.466. The molecule has 2 heterocycles. The van der Waals surface area contributed by atoms with Crippen molar-refractivity contribution in [2.24, 2.45) is 7.05 Å². The van der Waals surface area contributed by atoms with Crippen LogP contribution in [0.4, 0.5) is 5.69 Å². The Morgan fingerprint density at radius 2 is 1.97 bits per heavy atom. The quantitative estimate of drug-likeness (QED) is 0.670. The number of aliphatic hydroxyl groups is 1. The smallest absolute Gasteiger partial charge is 0.291 e. The summed E-state index contributed by atoms with van der Waals surface area (Å²) in [5, 5.41) is 23.2. The van der Waals surface area contributed by atoms with Crippen molar-refractivity contribution in [2.45, 2.75) is 31.9 Å². The van der Waals surface area contributed by atoms with Gasteiger partial charge in [0.05, 0.1) is 23.0 Å². The molecule has 1 amide bonds. The number of carbonyl (C=O) groups excluding carboxylic acids is 1. The number of aliphatic hydroxyl groups excluding tert-OH is 1. The van der Waals surface area contributed by atoms with Crippen LogP contribution >= 0.6 is 0 Å². The number of nitrogens with one attached hydrogen (secondary N) is 1. The first-order valence-electron chi connectivity index (χ1n) is 10.9. The van der Waals surface area contributed by atoms with Crippen LogP contribution in [0.5, 0.6) is 0 Å². The second-order valence-electron chi connectivity index (χ2n) is 8.60. The third-order valence-corrected chi connectivity index (χ3v) is 6.60. The van der Waals surface area contributed by atoms with Crippen LogP contribution in [0.25, 0.3) is 11.1 Å². The summed E-state index contributed by atoms with van der Waals surface area (Å²) in [6, 6.07) is 13.6. The van der Waals surface area contributed by atoms with Crippen molar-refractivity contribution in [3.63, 3.8) is 0 Å². The van der Waals surface area contributed by atoms with Gasteiger partial charge in [0.2, 0.25) is 0 Å². The fourth-order valence-electron chi connectivity index (χ4n) is 4.93. The number of imidazole rings is 1. The zero-order valence-electron chi connectivity index (χ0n) is 18.2. The Bertz CT molecular complexity index is 1270. The van der Waals surface area contributed by atoms with Gasteiger partial charge in [-0.25, -0.2) is 4.98 Å². The topological polar surface area (TPSA) is 94.2 Å². The monoisotopic (exact) mass is 427 g/mol. The van der Waals surface area contributed by atoms with E-state index in [4.69, 9.17) is 0 Å². The highest BCUT2D eigenvalue weighted by Gasteiger charge is 2.26. The zero-order valence-corrected chi connectivity index (χ0v) is 18.2. The third kappa shape index (κ3) is 3.29. The van der Waals surface area contributed by atoms with E-state index in [0.717, 1.165) is 59.6 Å². The average Bonchev–Trinajstić information content (AvgIpc) is 3.33. The van der Waals surface area contributed by atoms with Gasteiger partial charge in [-0.3, -0.25) is 4.79 Å². The fraction of sp³-hybridized carbons (Fsp3) is 0.320. The highest BCUT2D eigenvalue weighted by atomic mass is 16.3. The molecule has 2 aromatic carbocycles. The number of fused-ring (bicyclic) bond motifs is 2. The number of nitrogens with zero attached hydrogens (tertiary/aromatic N) is 4. The molecule has 7 heteroatoms.